The van der Waals surface area contributed by atoms with E-state index < -0.39 is 5.97 Å². The smallest absolute Gasteiger partial charge is 0.358 e. The van der Waals surface area contributed by atoms with Gasteiger partial charge in [-0.25, -0.2) is 9.48 Å². The van der Waals surface area contributed by atoms with Crippen LogP contribution in [-0.4, -0.2) is 39.3 Å². The lowest BCUT2D eigenvalue weighted by molar-refractivity contribution is 0.0690. The average molecular weight is 227 g/mol. The SMILES string of the molecule is CC(C)CCOCCn1cc(C(=O)O)nn1. The number of aromatic nitrogens is 3. The van der Waals surface area contributed by atoms with Gasteiger partial charge in [-0.1, -0.05) is 19.1 Å². The lowest BCUT2D eigenvalue weighted by Crippen LogP contribution is -2.08. The quantitative estimate of drug-likeness (QED) is 0.704. The molecule has 0 unspecified atom stereocenters. The Labute approximate surface area is 94.2 Å². The minimum absolute atomic E-state index is 0.0396. The van der Waals surface area contributed by atoms with Crippen molar-refractivity contribution < 1.29 is 14.6 Å². The maximum atomic E-state index is 10.5. The summed E-state index contributed by atoms with van der Waals surface area (Å²) >= 11 is 0. The molecule has 1 aromatic rings. The highest BCUT2D eigenvalue weighted by atomic mass is 16.5. The van der Waals surface area contributed by atoms with Gasteiger partial charge in [-0.2, -0.15) is 0 Å². The van der Waals surface area contributed by atoms with Crippen LogP contribution in [0.5, 0.6) is 0 Å². The first kappa shape index (κ1) is 12.6. The first-order chi connectivity index (χ1) is 7.59. The number of aromatic carboxylic acids is 1. The van der Waals surface area contributed by atoms with E-state index in [0.29, 0.717) is 19.1 Å². The molecule has 6 heteroatoms. The third kappa shape index (κ3) is 4.39. The molecule has 1 N–H and O–H groups in total. The van der Waals surface area contributed by atoms with Gasteiger partial charge in [0.15, 0.2) is 5.69 Å². The van der Waals surface area contributed by atoms with Crippen LogP contribution in [0.3, 0.4) is 0 Å². The third-order valence-corrected chi connectivity index (χ3v) is 2.06. The van der Waals surface area contributed by atoms with Crippen molar-refractivity contribution in [1.82, 2.24) is 15.0 Å². The highest BCUT2D eigenvalue weighted by Gasteiger charge is 2.07. The number of nitrogens with zero attached hydrogens (tertiary/aromatic N) is 3. The summed E-state index contributed by atoms with van der Waals surface area (Å²) in [5.74, 6) is -0.433. The normalized spacial score (nSPS) is 10.9. The third-order valence-electron chi connectivity index (χ3n) is 2.06. The zero-order valence-corrected chi connectivity index (χ0v) is 9.59. The second kappa shape index (κ2) is 6.22. The Hall–Kier alpha value is -1.43. The molecule has 0 fully saturated rings. The number of carbonyl (C=O) groups is 1. The fourth-order valence-corrected chi connectivity index (χ4v) is 1.08. The van der Waals surface area contributed by atoms with E-state index in [0.717, 1.165) is 13.0 Å². The monoisotopic (exact) mass is 227 g/mol. The van der Waals surface area contributed by atoms with Gasteiger partial charge in [0.05, 0.1) is 19.3 Å². The highest BCUT2D eigenvalue weighted by Crippen LogP contribution is 1.99. The molecule has 1 aromatic heterocycles. The summed E-state index contributed by atoms with van der Waals surface area (Å²) in [7, 11) is 0. The summed E-state index contributed by atoms with van der Waals surface area (Å²) < 4.78 is 6.85. The van der Waals surface area contributed by atoms with Gasteiger partial charge in [-0.3, -0.25) is 0 Å². The van der Waals surface area contributed by atoms with E-state index in [-0.39, 0.29) is 5.69 Å². The molecule has 0 radical (unpaired) electrons. The van der Waals surface area contributed by atoms with E-state index in [9.17, 15) is 4.79 Å². The van der Waals surface area contributed by atoms with Crippen LogP contribution in [0.1, 0.15) is 30.8 Å². The highest BCUT2D eigenvalue weighted by molar-refractivity contribution is 5.84. The summed E-state index contributed by atoms with van der Waals surface area (Å²) in [6.07, 6.45) is 2.42. The number of ether oxygens (including phenoxy) is 1. The van der Waals surface area contributed by atoms with Gasteiger partial charge in [0.1, 0.15) is 0 Å². The molecule has 0 saturated heterocycles. The van der Waals surface area contributed by atoms with Crippen LogP contribution < -0.4 is 0 Å². The van der Waals surface area contributed by atoms with E-state index in [2.05, 4.69) is 24.2 Å². The number of carboxylic acids is 1. The predicted molar refractivity (Wildman–Crippen MR) is 57.3 cm³/mol. The number of hydrogen-bond acceptors (Lipinski definition) is 4. The minimum Gasteiger partial charge on any atom is -0.476 e. The van der Waals surface area contributed by atoms with Crippen molar-refractivity contribution >= 4 is 5.97 Å². The molecule has 1 rings (SSSR count). The maximum absolute atomic E-state index is 10.5. The van der Waals surface area contributed by atoms with Crippen molar-refractivity contribution in [2.75, 3.05) is 13.2 Å². The number of hydrogen-bond donors (Lipinski definition) is 1. The fourth-order valence-electron chi connectivity index (χ4n) is 1.08. The van der Waals surface area contributed by atoms with Crippen molar-refractivity contribution in [3.63, 3.8) is 0 Å². The van der Waals surface area contributed by atoms with Gasteiger partial charge in [0, 0.05) is 6.61 Å². The molecule has 16 heavy (non-hydrogen) atoms. The standard InChI is InChI=1S/C10H17N3O3/c1-8(2)3-5-16-6-4-13-7-9(10(14)15)11-12-13/h7-8H,3-6H2,1-2H3,(H,14,15). The predicted octanol–water partition coefficient (Wildman–Crippen LogP) is 1.04. The molecule has 0 aliphatic carbocycles. The number of rotatable bonds is 7. The van der Waals surface area contributed by atoms with Crippen LogP contribution in [-0.2, 0) is 11.3 Å². The number of carboxylic acid groups (broad SMARTS) is 1. The van der Waals surface area contributed by atoms with Crippen molar-refractivity contribution in [2.45, 2.75) is 26.8 Å². The molecule has 0 atom stereocenters. The van der Waals surface area contributed by atoms with Crippen LogP contribution in [0.15, 0.2) is 6.20 Å². The van der Waals surface area contributed by atoms with Gasteiger partial charge in [0.25, 0.3) is 0 Å². The Morgan fingerprint density at radius 2 is 2.31 bits per heavy atom. The molecule has 1 heterocycles. The molecule has 90 valence electrons. The van der Waals surface area contributed by atoms with E-state index in [4.69, 9.17) is 9.84 Å². The molecular formula is C10H17N3O3. The largest absolute Gasteiger partial charge is 0.476 e. The average Bonchev–Trinajstić information content (AvgIpc) is 2.65. The first-order valence-electron chi connectivity index (χ1n) is 5.30. The van der Waals surface area contributed by atoms with Crippen LogP contribution in [0.25, 0.3) is 0 Å². The fraction of sp³-hybridized carbons (Fsp3) is 0.700. The van der Waals surface area contributed by atoms with Gasteiger partial charge in [-0.15, -0.1) is 5.10 Å². The Bertz CT molecular complexity index is 336. The van der Waals surface area contributed by atoms with Crippen LogP contribution >= 0.6 is 0 Å². The Morgan fingerprint density at radius 1 is 1.56 bits per heavy atom. The molecule has 0 aromatic carbocycles. The second-order valence-corrected chi connectivity index (χ2v) is 3.97. The summed E-state index contributed by atoms with van der Waals surface area (Å²) in [5.41, 5.74) is -0.0396. The van der Waals surface area contributed by atoms with Crippen molar-refractivity contribution in [2.24, 2.45) is 5.92 Å². The van der Waals surface area contributed by atoms with Gasteiger partial charge < -0.3 is 9.84 Å². The van der Waals surface area contributed by atoms with Gasteiger partial charge in [0.2, 0.25) is 0 Å². The van der Waals surface area contributed by atoms with Crippen LogP contribution in [0, 0.1) is 5.92 Å². The van der Waals surface area contributed by atoms with Crippen LogP contribution in [0.2, 0.25) is 0 Å². The zero-order chi connectivity index (χ0) is 12.0. The summed E-state index contributed by atoms with van der Waals surface area (Å²) in [6.45, 7) is 6.05. The first-order valence-corrected chi connectivity index (χ1v) is 5.30. The maximum Gasteiger partial charge on any atom is 0.358 e. The molecule has 0 aliphatic heterocycles. The van der Waals surface area contributed by atoms with E-state index in [1.807, 2.05) is 0 Å². The van der Waals surface area contributed by atoms with Gasteiger partial charge in [-0.05, 0) is 12.3 Å². The second-order valence-electron chi connectivity index (χ2n) is 3.97. The Morgan fingerprint density at radius 3 is 2.88 bits per heavy atom. The molecular weight excluding hydrogens is 210 g/mol. The van der Waals surface area contributed by atoms with Crippen LogP contribution in [0.4, 0.5) is 0 Å². The van der Waals surface area contributed by atoms with E-state index >= 15 is 0 Å². The minimum atomic E-state index is -1.06. The molecule has 0 bridgehead atoms. The molecule has 0 amide bonds. The van der Waals surface area contributed by atoms with E-state index in [1.165, 1.54) is 10.9 Å². The molecule has 6 nitrogen and oxygen atoms in total. The van der Waals surface area contributed by atoms with Crippen molar-refractivity contribution in [3.05, 3.63) is 11.9 Å². The molecule has 0 saturated carbocycles. The topological polar surface area (TPSA) is 77.2 Å². The van der Waals surface area contributed by atoms with Crippen molar-refractivity contribution in [3.8, 4) is 0 Å². The van der Waals surface area contributed by atoms with Gasteiger partial charge >= 0.3 is 5.97 Å². The Balaban J connectivity index is 2.19. The Kier molecular flexibility index (Phi) is 4.91. The lowest BCUT2D eigenvalue weighted by Gasteiger charge is -2.05. The molecule has 0 spiro atoms. The van der Waals surface area contributed by atoms with Crippen molar-refractivity contribution in [1.29, 1.82) is 0 Å². The summed E-state index contributed by atoms with van der Waals surface area (Å²) in [5, 5.41) is 15.8. The molecule has 0 aliphatic rings. The summed E-state index contributed by atoms with van der Waals surface area (Å²) in [6, 6.07) is 0. The lowest BCUT2D eigenvalue weighted by atomic mass is 10.1. The summed E-state index contributed by atoms with van der Waals surface area (Å²) in [4.78, 5) is 10.5. The van der Waals surface area contributed by atoms with E-state index in [1.54, 1.807) is 0 Å². The zero-order valence-electron chi connectivity index (χ0n) is 9.59.